The third-order valence-electron chi connectivity index (χ3n) is 3.35. The van der Waals surface area contributed by atoms with Gasteiger partial charge in [-0.2, -0.15) is 0 Å². The summed E-state index contributed by atoms with van der Waals surface area (Å²) in [6.45, 7) is 2.14. The van der Waals surface area contributed by atoms with Crippen LogP contribution in [0.5, 0.6) is 0 Å². The molecule has 0 spiro atoms. The summed E-state index contributed by atoms with van der Waals surface area (Å²) in [6, 6.07) is 10.2. The molecule has 1 aliphatic rings. The monoisotopic (exact) mass is 258 g/mol. The average Bonchev–Trinajstić information content (AvgIpc) is 3.22. The first kappa shape index (κ1) is 11.7. The fourth-order valence-electron chi connectivity index (χ4n) is 2.19. The lowest BCUT2D eigenvalue weighted by atomic mass is 10.0. The molecule has 0 saturated heterocycles. The van der Waals surface area contributed by atoms with Crippen molar-refractivity contribution in [1.82, 2.24) is 9.97 Å². The van der Waals surface area contributed by atoms with Crippen molar-refractivity contribution in [3.63, 3.8) is 0 Å². The minimum Gasteiger partial charge on any atom is -0.233 e. The van der Waals surface area contributed by atoms with Crippen LogP contribution in [-0.4, -0.2) is 9.97 Å². The van der Waals surface area contributed by atoms with E-state index in [-0.39, 0.29) is 0 Å². The van der Waals surface area contributed by atoms with Crippen molar-refractivity contribution < 1.29 is 0 Å². The van der Waals surface area contributed by atoms with Crippen molar-refractivity contribution in [2.45, 2.75) is 32.1 Å². The van der Waals surface area contributed by atoms with Crippen LogP contribution in [0.4, 0.5) is 0 Å². The van der Waals surface area contributed by atoms with Gasteiger partial charge in [0.15, 0.2) is 5.82 Å². The highest BCUT2D eigenvalue weighted by molar-refractivity contribution is 6.29. The molecule has 1 fully saturated rings. The van der Waals surface area contributed by atoms with Crippen LogP contribution in [0.3, 0.4) is 0 Å². The van der Waals surface area contributed by atoms with E-state index in [0.29, 0.717) is 11.1 Å². The van der Waals surface area contributed by atoms with Crippen LogP contribution < -0.4 is 0 Å². The second-order valence-electron chi connectivity index (χ2n) is 4.72. The van der Waals surface area contributed by atoms with Crippen molar-refractivity contribution in [2.24, 2.45) is 0 Å². The van der Waals surface area contributed by atoms with E-state index in [4.69, 9.17) is 11.6 Å². The molecule has 1 heterocycles. The Morgan fingerprint density at radius 2 is 2.00 bits per heavy atom. The summed E-state index contributed by atoms with van der Waals surface area (Å²) in [7, 11) is 0. The Morgan fingerprint density at radius 1 is 1.22 bits per heavy atom. The number of aryl methyl sites for hydroxylation is 1. The normalized spacial score (nSPS) is 14.8. The number of nitrogens with zero attached hydrogens (tertiary/aromatic N) is 2. The zero-order valence-electron chi connectivity index (χ0n) is 10.4. The highest BCUT2D eigenvalue weighted by atomic mass is 35.5. The molecule has 92 valence electrons. The molecule has 3 heteroatoms. The van der Waals surface area contributed by atoms with Gasteiger partial charge in [-0.05, 0) is 30.9 Å². The summed E-state index contributed by atoms with van der Waals surface area (Å²) >= 11 is 6.12. The Labute approximate surface area is 112 Å². The van der Waals surface area contributed by atoms with Gasteiger partial charge in [0.05, 0.1) is 0 Å². The third kappa shape index (κ3) is 2.25. The fraction of sp³-hybridized carbons (Fsp3) is 0.333. The number of benzene rings is 1. The molecular formula is C15H15ClN2. The van der Waals surface area contributed by atoms with E-state index in [2.05, 4.69) is 35.1 Å². The summed E-state index contributed by atoms with van der Waals surface area (Å²) in [5.74, 6) is 1.36. The molecule has 0 atom stereocenters. The van der Waals surface area contributed by atoms with Gasteiger partial charge >= 0.3 is 0 Å². The lowest BCUT2D eigenvalue weighted by Crippen LogP contribution is -1.97. The van der Waals surface area contributed by atoms with Gasteiger partial charge in [0, 0.05) is 17.2 Å². The molecule has 1 aromatic heterocycles. The van der Waals surface area contributed by atoms with Gasteiger partial charge in [0.25, 0.3) is 0 Å². The molecule has 1 aromatic carbocycles. The molecule has 0 radical (unpaired) electrons. The first-order chi connectivity index (χ1) is 8.78. The van der Waals surface area contributed by atoms with E-state index in [9.17, 15) is 0 Å². The SMILES string of the molecule is CCc1ccccc1-c1nc(Cl)cc(C2CC2)n1. The molecule has 3 rings (SSSR count). The molecule has 1 saturated carbocycles. The van der Waals surface area contributed by atoms with Crippen molar-refractivity contribution in [3.8, 4) is 11.4 Å². The van der Waals surface area contributed by atoms with Crippen LogP contribution in [0.15, 0.2) is 30.3 Å². The Bertz CT molecular complexity index is 576. The van der Waals surface area contributed by atoms with E-state index < -0.39 is 0 Å². The van der Waals surface area contributed by atoms with Crippen LogP contribution in [-0.2, 0) is 6.42 Å². The second kappa shape index (κ2) is 4.69. The van der Waals surface area contributed by atoms with Crippen molar-refractivity contribution in [1.29, 1.82) is 0 Å². The predicted molar refractivity (Wildman–Crippen MR) is 73.8 cm³/mol. The summed E-state index contributed by atoms with van der Waals surface area (Å²) < 4.78 is 0. The average molecular weight is 259 g/mol. The zero-order valence-corrected chi connectivity index (χ0v) is 11.1. The second-order valence-corrected chi connectivity index (χ2v) is 5.11. The van der Waals surface area contributed by atoms with Gasteiger partial charge in [-0.25, -0.2) is 9.97 Å². The van der Waals surface area contributed by atoms with Crippen LogP contribution >= 0.6 is 11.6 Å². The number of aromatic nitrogens is 2. The maximum absolute atomic E-state index is 6.12. The maximum Gasteiger partial charge on any atom is 0.161 e. The van der Waals surface area contributed by atoms with Gasteiger partial charge in [0.1, 0.15) is 5.15 Å². The topological polar surface area (TPSA) is 25.8 Å². The first-order valence-electron chi connectivity index (χ1n) is 6.40. The van der Waals surface area contributed by atoms with E-state index in [1.807, 2.05) is 12.1 Å². The third-order valence-corrected chi connectivity index (χ3v) is 3.54. The van der Waals surface area contributed by atoms with Crippen molar-refractivity contribution in [2.75, 3.05) is 0 Å². The quantitative estimate of drug-likeness (QED) is 0.770. The minimum atomic E-state index is 0.549. The van der Waals surface area contributed by atoms with Crippen LogP contribution in [0.2, 0.25) is 5.15 Å². The highest BCUT2D eigenvalue weighted by Gasteiger charge is 2.26. The first-order valence-corrected chi connectivity index (χ1v) is 6.78. The zero-order chi connectivity index (χ0) is 12.5. The van der Waals surface area contributed by atoms with Crippen LogP contribution in [0, 0.1) is 0 Å². The molecule has 0 aliphatic heterocycles. The molecule has 2 nitrogen and oxygen atoms in total. The van der Waals surface area contributed by atoms with Gasteiger partial charge < -0.3 is 0 Å². The molecular weight excluding hydrogens is 244 g/mol. The summed E-state index contributed by atoms with van der Waals surface area (Å²) in [5.41, 5.74) is 3.46. The molecule has 0 unspecified atom stereocenters. The van der Waals surface area contributed by atoms with Gasteiger partial charge in [-0.15, -0.1) is 0 Å². The standard InChI is InChI=1S/C15H15ClN2/c1-2-10-5-3-4-6-12(10)15-17-13(11-7-8-11)9-14(16)18-15/h3-6,9,11H,2,7-8H2,1H3. The Hall–Kier alpha value is -1.41. The number of halogens is 1. The number of hydrogen-bond donors (Lipinski definition) is 0. The molecule has 18 heavy (non-hydrogen) atoms. The van der Waals surface area contributed by atoms with E-state index in [1.165, 1.54) is 18.4 Å². The van der Waals surface area contributed by atoms with Crippen LogP contribution in [0.25, 0.3) is 11.4 Å². The van der Waals surface area contributed by atoms with Crippen molar-refractivity contribution >= 4 is 11.6 Å². The Balaban J connectivity index is 2.10. The molecule has 0 N–H and O–H groups in total. The van der Waals surface area contributed by atoms with E-state index in [1.54, 1.807) is 0 Å². The highest BCUT2D eigenvalue weighted by Crippen LogP contribution is 2.40. The minimum absolute atomic E-state index is 0.549. The lowest BCUT2D eigenvalue weighted by Gasteiger charge is -2.08. The van der Waals surface area contributed by atoms with Gasteiger partial charge in [0.2, 0.25) is 0 Å². The predicted octanol–water partition coefficient (Wildman–Crippen LogP) is 4.24. The fourth-order valence-corrected chi connectivity index (χ4v) is 2.38. The number of hydrogen-bond acceptors (Lipinski definition) is 2. The maximum atomic E-state index is 6.12. The van der Waals surface area contributed by atoms with E-state index in [0.717, 1.165) is 23.5 Å². The summed E-state index contributed by atoms with van der Waals surface area (Å²) in [5, 5.41) is 0.549. The summed E-state index contributed by atoms with van der Waals surface area (Å²) in [4.78, 5) is 9.06. The molecule has 0 bridgehead atoms. The molecule has 0 amide bonds. The Kier molecular flexibility index (Phi) is 3.04. The smallest absolute Gasteiger partial charge is 0.161 e. The van der Waals surface area contributed by atoms with Crippen LogP contribution in [0.1, 0.15) is 36.9 Å². The largest absolute Gasteiger partial charge is 0.233 e. The lowest BCUT2D eigenvalue weighted by molar-refractivity contribution is 0.989. The summed E-state index contributed by atoms with van der Waals surface area (Å²) in [6.07, 6.45) is 3.43. The Morgan fingerprint density at radius 3 is 2.72 bits per heavy atom. The molecule has 1 aliphatic carbocycles. The van der Waals surface area contributed by atoms with Gasteiger partial charge in [-0.1, -0.05) is 42.8 Å². The van der Waals surface area contributed by atoms with Gasteiger partial charge in [-0.3, -0.25) is 0 Å². The van der Waals surface area contributed by atoms with Crippen molar-refractivity contribution in [3.05, 3.63) is 46.7 Å². The number of rotatable bonds is 3. The molecule has 2 aromatic rings. The van der Waals surface area contributed by atoms with E-state index >= 15 is 0 Å².